The van der Waals surface area contributed by atoms with Gasteiger partial charge in [-0.05, 0) is 24.6 Å². The number of para-hydroxylation sites is 1. The highest BCUT2D eigenvalue weighted by atomic mass is 32.2. The number of anilines is 1. The molecule has 4 rings (SSSR count). The molecule has 0 saturated carbocycles. The zero-order valence-corrected chi connectivity index (χ0v) is 19.7. The largest absolute Gasteiger partial charge is 0.462 e. The number of fused-ring (bicyclic) bond motifs is 1. The minimum absolute atomic E-state index is 0.0927. The lowest BCUT2D eigenvalue weighted by Gasteiger charge is -2.08. The van der Waals surface area contributed by atoms with Crippen molar-refractivity contribution in [2.45, 2.75) is 11.1 Å². The summed E-state index contributed by atoms with van der Waals surface area (Å²) in [6.07, 6.45) is 0. The Morgan fingerprint density at radius 3 is 2.61 bits per heavy atom. The Hall–Kier alpha value is -3.70. The van der Waals surface area contributed by atoms with E-state index in [0.717, 1.165) is 27.5 Å². The van der Waals surface area contributed by atoms with Gasteiger partial charge >= 0.3 is 5.97 Å². The molecular weight excluding hydrogens is 474 g/mol. The Morgan fingerprint density at radius 1 is 1.15 bits per heavy atom. The fourth-order valence-electron chi connectivity index (χ4n) is 3.07. The lowest BCUT2D eigenvalue weighted by atomic mass is 10.0. The molecule has 0 unspecified atom stereocenters. The summed E-state index contributed by atoms with van der Waals surface area (Å²) in [5.41, 5.74) is 5.38. The number of thiocyanates is 1. The summed E-state index contributed by atoms with van der Waals surface area (Å²) in [4.78, 5) is 17.4. The second kappa shape index (κ2) is 10.3. The monoisotopic (exact) mass is 489 g/mol. The molecule has 162 valence electrons. The van der Waals surface area contributed by atoms with E-state index in [4.69, 9.17) is 4.74 Å². The van der Waals surface area contributed by atoms with Gasteiger partial charge in [-0.3, -0.25) is 5.43 Å². The maximum absolute atomic E-state index is 12.9. The van der Waals surface area contributed by atoms with Crippen LogP contribution in [0.5, 0.6) is 0 Å². The van der Waals surface area contributed by atoms with Gasteiger partial charge < -0.3 is 4.74 Å². The Morgan fingerprint density at radius 2 is 1.91 bits per heavy atom. The zero-order chi connectivity index (χ0) is 23.2. The van der Waals surface area contributed by atoms with Crippen LogP contribution in [0.4, 0.5) is 5.00 Å². The van der Waals surface area contributed by atoms with Crippen LogP contribution in [0, 0.1) is 22.0 Å². The number of rotatable bonds is 7. The molecule has 0 amide bonds. The number of hydrogen-bond acceptors (Lipinski definition) is 10. The van der Waals surface area contributed by atoms with Crippen LogP contribution in [0.1, 0.15) is 22.3 Å². The summed E-state index contributed by atoms with van der Waals surface area (Å²) in [6, 6.07) is 19.0. The molecule has 2 aromatic heterocycles. The van der Waals surface area contributed by atoms with Gasteiger partial charge in [-0.15, -0.1) is 22.7 Å². The number of thiazole rings is 1. The number of thiophene rings is 1. The van der Waals surface area contributed by atoms with Gasteiger partial charge in [0.2, 0.25) is 0 Å². The number of thioether (sulfide) groups is 1. The van der Waals surface area contributed by atoms with Crippen molar-refractivity contribution >= 4 is 61.3 Å². The number of nitrogens with zero attached hydrogens (tertiary/aromatic N) is 4. The molecule has 0 radical (unpaired) electrons. The molecule has 33 heavy (non-hydrogen) atoms. The lowest BCUT2D eigenvalue weighted by molar-refractivity contribution is 0.0528. The molecule has 2 heterocycles. The van der Waals surface area contributed by atoms with Crippen LogP contribution in [0.15, 0.2) is 63.9 Å². The average Bonchev–Trinajstić information content (AvgIpc) is 3.42. The van der Waals surface area contributed by atoms with Gasteiger partial charge in [0.15, 0.2) is 10.7 Å². The number of nitrogens with one attached hydrogen (secondary N) is 1. The van der Waals surface area contributed by atoms with Gasteiger partial charge in [-0.25, -0.2) is 9.78 Å². The fraction of sp³-hybridized carbons (Fsp3) is 0.0870. The zero-order valence-electron chi connectivity index (χ0n) is 17.2. The Bertz CT molecular complexity index is 1400. The third kappa shape index (κ3) is 4.73. The van der Waals surface area contributed by atoms with Crippen LogP contribution in [-0.2, 0) is 4.74 Å². The molecule has 0 fully saturated rings. The van der Waals surface area contributed by atoms with Crippen molar-refractivity contribution in [1.82, 2.24) is 4.98 Å². The summed E-state index contributed by atoms with van der Waals surface area (Å²) >= 11 is 3.52. The summed E-state index contributed by atoms with van der Waals surface area (Å²) < 4.78 is 6.86. The molecule has 0 aliphatic rings. The Labute approximate surface area is 202 Å². The summed E-state index contributed by atoms with van der Waals surface area (Å²) in [7, 11) is 0. The molecule has 7 nitrogen and oxygen atoms in total. The van der Waals surface area contributed by atoms with Crippen molar-refractivity contribution in [3.63, 3.8) is 0 Å². The second-order valence-corrected chi connectivity index (χ2v) is 9.52. The van der Waals surface area contributed by atoms with Crippen molar-refractivity contribution in [1.29, 1.82) is 10.5 Å². The van der Waals surface area contributed by atoms with E-state index < -0.39 is 5.97 Å². The highest BCUT2D eigenvalue weighted by molar-refractivity contribution is 8.05. The van der Waals surface area contributed by atoms with Gasteiger partial charge in [0, 0.05) is 17.3 Å². The molecular formula is C23H15N5O2S3. The summed E-state index contributed by atoms with van der Waals surface area (Å²) in [5.74, 6) is -0.534. The van der Waals surface area contributed by atoms with E-state index in [1.165, 1.54) is 22.7 Å². The smallest absolute Gasteiger partial charge is 0.341 e. The maximum Gasteiger partial charge on any atom is 0.341 e. The first-order chi connectivity index (χ1) is 16.2. The van der Waals surface area contributed by atoms with Crippen LogP contribution >= 0.6 is 34.4 Å². The van der Waals surface area contributed by atoms with E-state index in [1.54, 1.807) is 6.92 Å². The van der Waals surface area contributed by atoms with Gasteiger partial charge in [0.05, 0.1) is 21.0 Å². The summed E-state index contributed by atoms with van der Waals surface area (Å²) in [6.45, 7) is 1.92. The normalized spacial score (nSPS) is 11.1. The van der Waals surface area contributed by atoms with Crippen molar-refractivity contribution in [2.75, 3.05) is 12.0 Å². The van der Waals surface area contributed by atoms with Crippen molar-refractivity contribution in [3.05, 3.63) is 65.2 Å². The number of carbonyl (C=O) groups is 1. The van der Waals surface area contributed by atoms with Crippen LogP contribution in [0.3, 0.4) is 0 Å². The molecule has 1 N–H and O–H groups in total. The van der Waals surface area contributed by atoms with Crippen molar-refractivity contribution in [3.8, 4) is 22.6 Å². The minimum atomic E-state index is -0.534. The molecule has 0 atom stereocenters. The van der Waals surface area contributed by atoms with Gasteiger partial charge in [0.25, 0.3) is 0 Å². The van der Waals surface area contributed by atoms with Crippen LogP contribution in [0.2, 0.25) is 0 Å². The Kier molecular flexibility index (Phi) is 7.01. The standard InChI is InChI=1S/C23H15N5O2S3/c1-2-30-22(29)19-18(14-8-4-3-5-9-14)23(31-13-25)33-21(19)28-27-16(12-24)20-26-15-10-6-7-11-17(15)32-20/h3-11,28H,2H2,1H3. The number of nitriles is 2. The molecule has 0 aliphatic carbocycles. The van der Waals surface area contributed by atoms with E-state index in [2.05, 4.69) is 27.0 Å². The molecule has 2 aromatic carbocycles. The molecule has 10 heteroatoms. The first-order valence-electron chi connectivity index (χ1n) is 9.71. The third-order valence-electron chi connectivity index (χ3n) is 4.43. The van der Waals surface area contributed by atoms with E-state index >= 15 is 0 Å². The minimum Gasteiger partial charge on any atom is -0.462 e. The predicted octanol–water partition coefficient (Wildman–Crippen LogP) is 6.11. The molecule has 4 aromatic rings. The number of carbonyl (C=O) groups excluding carboxylic acids is 1. The lowest BCUT2D eigenvalue weighted by Crippen LogP contribution is -2.08. The van der Waals surface area contributed by atoms with E-state index in [-0.39, 0.29) is 17.9 Å². The molecule has 0 aliphatic heterocycles. The first kappa shape index (κ1) is 22.5. The molecule has 0 saturated heterocycles. The number of hydrogen-bond donors (Lipinski definition) is 1. The predicted molar refractivity (Wildman–Crippen MR) is 133 cm³/mol. The van der Waals surface area contributed by atoms with Gasteiger partial charge in [-0.2, -0.15) is 15.6 Å². The van der Waals surface area contributed by atoms with Crippen LogP contribution < -0.4 is 5.43 Å². The van der Waals surface area contributed by atoms with Crippen LogP contribution in [0.25, 0.3) is 21.3 Å². The number of benzene rings is 2. The quantitative estimate of drug-likeness (QED) is 0.109. The SMILES string of the molecule is CCOC(=O)c1c(NN=C(C#N)c2nc3ccccc3s2)sc(SC#N)c1-c1ccccc1. The molecule has 0 bridgehead atoms. The number of ether oxygens (including phenoxy) is 1. The fourth-order valence-corrected chi connectivity index (χ4v) is 5.79. The average molecular weight is 490 g/mol. The Balaban J connectivity index is 1.80. The third-order valence-corrected chi connectivity index (χ3v) is 7.34. The van der Waals surface area contributed by atoms with Crippen molar-refractivity contribution < 1.29 is 9.53 Å². The second-order valence-electron chi connectivity index (χ2n) is 6.42. The number of hydrazone groups is 1. The van der Waals surface area contributed by atoms with E-state index in [9.17, 15) is 15.3 Å². The van der Waals surface area contributed by atoms with E-state index in [0.29, 0.717) is 19.8 Å². The number of esters is 1. The highest BCUT2D eigenvalue weighted by Gasteiger charge is 2.26. The van der Waals surface area contributed by atoms with E-state index in [1.807, 2.05) is 54.6 Å². The molecule has 0 spiro atoms. The van der Waals surface area contributed by atoms with Crippen LogP contribution in [-0.4, -0.2) is 23.3 Å². The van der Waals surface area contributed by atoms with Crippen molar-refractivity contribution in [2.24, 2.45) is 5.10 Å². The number of aromatic nitrogens is 1. The van der Waals surface area contributed by atoms with Gasteiger partial charge in [0.1, 0.15) is 22.0 Å². The summed E-state index contributed by atoms with van der Waals surface area (Å²) in [5, 5.41) is 26.2. The van der Waals surface area contributed by atoms with Gasteiger partial charge in [-0.1, -0.05) is 42.5 Å². The maximum atomic E-state index is 12.9. The first-order valence-corrected chi connectivity index (χ1v) is 12.2. The topological polar surface area (TPSA) is 111 Å². The highest BCUT2D eigenvalue weighted by Crippen LogP contribution is 2.45.